The van der Waals surface area contributed by atoms with Gasteiger partial charge in [-0.15, -0.1) is 10.2 Å². The fourth-order valence-electron chi connectivity index (χ4n) is 3.12. The van der Waals surface area contributed by atoms with Gasteiger partial charge in [0.25, 0.3) is 11.1 Å². The number of hydrogen-bond donors (Lipinski definition) is 2. The van der Waals surface area contributed by atoms with E-state index in [1.165, 1.54) is 17.3 Å². The first-order valence-electron chi connectivity index (χ1n) is 9.79. The van der Waals surface area contributed by atoms with E-state index in [1.54, 1.807) is 0 Å². The third kappa shape index (κ3) is 4.26. The standard InChI is InChI=1S/C23H24N4O2S/c1-14(20(28)25-16-11-9-15(10-12-16)23(2,3)4)30-22-27-26-21(29-22)18-13-24-19-8-6-5-7-17(18)19/h5-14,24H,1-4H3,(H,25,28). The second-order valence-corrected chi connectivity index (χ2v) is 9.49. The molecule has 30 heavy (non-hydrogen) atoms. The number of para-hydroxylation sites is 1. The van der Waals surface area contributed by atoms with Crippen molar-refractivity contribution in [2.45, 2.75) is 43.6 Å². The van der Waals surface area contributed by atoms with Gasteiger partial charge in [0.1, 0.15) is 0 Å². The van der Waals surface area contributed by atoms with Gasteiger partial charge in [0, 0.05) is 22.8 Å². The van der Waals surface area contributed by atoms with Crippen molar-refractivity contribution in [3.05, 3.63) is 60.3 Å². The monoisotopic (exact) mass is 420 g/mol. The van der Waals surface area contributed by atoms with Crippen LogP contribution in [0.3, 0.4) is 0 Å². The summed E-state index contributed by atoms with van der Waals surface area (Å²) in [6.45, 7) is 8.30. The number of thioether (sulfide) groups is 1. The van der Waals surface area contributed by atoms with E-state index in [4.69, 9.17) is 4.42 Å². The molecule has 7 heteroatoms. The van der Waals surface area contributed by atoms with Gasteiger partial charge in [0.05, 0.1) is 10.8 Å². The van der Waals surface area contributed by atoms with E-state index in [0.717, 1.165) is 22.2 Å². The topological polar surface area (TPSA) is 83.8 Å². The van der Waals surface area contributed by atoms with E-state index in [1.807, 2.05) is 61.7 Å². The third-order valence-corrected chi connectivity index (χ3v) is 5.83. The molecule has 0 spiro atoms. The van der Waals surface area contributed by atoms with Gasteiger partial charge in [-0.05, 0) is 36.1 Å². The molecule has 0 radical (unpaired) electrons. The highest BCUT2D eigenvalue weighted by molar-refractivity contribution is 8.00. The maximum atomic E-state index is 12.6. The van der Waals surface area contributed by atoms with Gasteiger partial charge in [0.15, 0.2) is 0 Å². The number of carbonyl (C=O) groups is 1. The van der Waals surface area contributed by atoms with Crippen molar-refractivity contribution in [2.24, 2.45) is 0 Å². The Labute approximate surface area is 179 Å². The Morgan fingerprint density at radius 3 is 2.57 bits per heavy atom. The molecular weight excluding hydrogens is 396 g/mol. The second-order valence-electron chi connectivity index (χ2n) is 8.20. The molecule has 2 heterocycles. The number of benzene rings is 2. The molecule has 0 aliphatic rings. The normalized spacial score (nSPS) is 12.8. The van der Waals surface area contributed by atoms with E-state index >= 15 is 0 Å². The number of aromatic nitrogens is 3. The lowest BCUT2D eigenvalue weighted by molar-refractivity contribution is -0.115. The van der Waals surface area contributed by atoms with Crippen LogP contribution in [-0.4, -0.2) is 26.3 Å². The molecule has 6 nitrogen and oxygen atoms in total. The Morgan fingerprint density at radius 1 is 1.10 bits per heavy atom. The molecule has 4 aromatic rings. The summed E-state index contributed by atoms with van der Waals surface area (Å²) in [4.78, 5) is 15.8. The summed E-state index contributed by atoms with van der Waals surface area (Å²) in [5.41, 5.74) is 3.92. The number of fused-ring (bicyclic) bond motifs is 1. The molecule has 1 amide bonds. The van der Waals surface area contributed by atoms with Gasteiger partial charge in [-0.2, -0.15) is 0 Å². The highest BCUT2D eigenvalue weighted by Gasteiger charge is 2.20. The molecular formula is C23H24N4O2S. The van der Waals surface area contributed by atoms with E-state index in [-0.39, 0.29) is 16.6 Å². The van der Waals surface area contributed by atoms with Crippen LogP contribution >= 0.6 is 11.8 Å². The summed E-state index contributed by atoms with van der Waals surface area (Å²) in [6, 6.07) is 15.9. The lowest BCUT2D eigenvalue weighted by atomic mass is 9.87. The summed E-state index contributed by atoms with van der Waals surface area (Å²) in [5, 5.41) is 12.2. The number of nitrogens with zero attached hydrogens (tertiary/aromatic N) is 2. The van der Waals surface area contributed by atoms with Crippen molar-refractivity contribution in [3.63, 3.8) is 0 Å². The van der Waals surface area contributed by atoms with Crippen LogP contribution in [0.2, 0.25) is 0 Å². The van der Waals surface area contributed by atoms with Gasteiger partial charge in [-0.3, -0.25) is 4.79 Å². The van der Waals surface area contributed by atoms with E-state index in [2.05, 4.69) is 41.3 Å². The number of amides is 1. The minimum Gasteiger partial charge on any atom is -0.411 e. The maximum absolute atomic E-state index is 12.6. The number of aromatic amines is 1. The summed E-state index contributed by atoms with van der Waals surface area (Å²) < 4.78 is 5.80. The van der Waals surface area contributed by atoms with Crippen molar-refractivity contribution >= 4 is 34.3 Å². The fraction of sp³-hybridized carbons (Fsp3) is 0.261. The lowest BCUT2D eigenvalue weighted by Crippen LogP contribution is -2.22. The largest absolute Gasteiger partial charge is 0.411 e. The van der Waals surface area contributed by atoms with E-state index in [9.17, 15) is 4.79 Å². The zero-order valence-corrected chi connectivity index (χ0v) is 18.2. The average molecular weight is 421 g/mol. The fourth-order valence-corrected chi connectivity index (χ4v) is 3.80. The van der Waals surface area contributed by atoms with Crippen LogP contribution in [0.1, 0.15) is 33.3 Å². The molecule has 1 atom stereocenters. The zero-order valence-electron chi connectivity index (χ0n) is 17.4. The van der Waals surface area contributed by atoms with Crippen molar-refractivity contribution in [3.8, 4) is 11.5 Å². The zero-order chi connectivity index (χ0) is 21.3. The highest BCUT2D eigenvalue weighted by atomic mass is 32.2. The molecule has 0 saturated carbocycles. The molecule has 0 aliphatic carbocycles. The van der Waals surface area contributed by atoms with Crippen LogP contribution in [0.4, 0.5) is 5.69 Å². The second kappa shape index (κ2) is 7.99. The molecule has 0 fully saturated rings. The summed E-state index contributed by atoms with van der Waals surface area (Å²) in [7, 11) is 0. The van der Waals surface area contributed by atoms with Crippen molar-refractivity contribution < 1.29 is 9.21 Å². The molecule has 2 N–H and O–H groups in total. The Balaban J connectivity index is 1.41. The van der Waals surface area contributed by atoms with Crippen LogP contribution in [0.5, 0.6) is 0 Å². The number of H-pyrrole nitrogens is 1. The summed E-state index contributed by atoms with van der Waals surface area (Å²) in [5.74, 6) is 0.315. The summed E-state index contributed by atoms with van der Waals surface area (Å²) in [6.07, 6.45) is 1.85. The number of rotatable bonds is 5. The smallest absolute Gasteiger partial charge is 0.277 e. The van der Waals surface area contributed by atoms with Crippen LogP contribution in [0.25, 0.3) is 22.4 Å². The first-order valence-corrected chi connectivity index (χ1v) is 10.7. The number of carbonyl (C=O) groups excluding carboxylic acids is 1. The molecule has 154 valence electrons. The van der Waals surface area contributed by atoms with Crippen LogP contribution in [0.15, 0.2) is 64.4 Å². The number of hydrogen-bond acceptors (Lipinski definition) is 5. The molecule has 4 rings (SSSR count). The van der Waals surface area contributed by atoms with E-state index in [0.29, 0.717) is 11.1 Å². The first kappa shape index (κ1) is 20.2. The minimum absolute atomic E-state index is 0.0755. The van der Waals surface area contributed by atoms with Gasteiger partial charge in [-0.1, -0.05) is 62.9 Å². The van der Waals surface area contributed by atoms with Gasteiger partial charge >= 0.3 is 0 Å². The van der Waals surface area contributed by atoms with Gasteiger partial charge in [0.2, 0.25) is 5.91 Å². The third-order valence-electron chi connectivity index (χ3n) is 4.89. The predicted molar refractivity (Wildman–Crippen MR) is 121 cm³/mol. The van der Waals surface area contributed by atoms with Crippen LogP contribution in [0, 0.1) is 0 Å². The number of nitrogens with one attached hydrogen (secondary N) is 2. The number of anilines is 1. The average Bonchev–Trinajstić information content (AvgIpc) is 3.34. The highest BCUT2D eigenvalue weighted by Crippen LogP contribution is 2.31. The lowest BCUT2D eigenvalue weighted by Gasteiger charge is -2.19. The summed E-state index contributed by atoms with van der Waals surface area (Å²) >= 11 is 1.24. The van der Waals surface area contributed by atoms with Crippen LogP contribution < -0.4 is 5.32 Å². The van der Waals surface area contributed by atoms with Gasteiger partial charge < -0.3 is 14.7 Å². The Bertz CT molecular complexity index is 1170. The van der Waals surface area contributed by atoms with Crippen LogP contribution in [-0.2, 0) is 10.2 Å². The molecule has 0 aliphatic heterocycles. The van der Waals surface area contributed by atoms with Crippen molar-refractivity contribution in [1.82, 2.24) is 15.2 Å². The SMILES string of the molecule is CC(Sc1nnc(-c2c[nH]c3ccccc23)o1)C(=O)Nc1ccc(C(C)(C)C)cc1. The Morgan fingerprint density at radius 2 is 1.83 bits per heavy atom. The van der Waals surface area contributed by atoms with Crippen molar-refractivity contribution in [2.75, 3.05) is 5.32 Å². The molecule has 0 saturated heterocycles. The Kier molecular flexibility index (Phi) is 5.39. The first-order chi connectivity index (χ1) is 14.3. The molecule has 0 bridgehead atoms. The molecule has 1 unspecified atom stereocenters. The maximum Gasteiger partial charge on any atom is 0.277 e. The minimum atomic E-state index is -0.386. The van der Waals surface area contributed by atoms with E-state index < -0.39 is 0 Å². The predicted octanol–water partition coefficient (Wildman–Crippen LogP) is 5.63. The Hall–Kier alpha value is -3.06. The quantitative estimate of drug-likeness (QED) is 0.409. The molecule has 2 aromatic heterocycles. The molecule has 2 aromatic carbocycles. The van der Waals surface area contributed by atoms with Gasteiger partial charge in [-0.25, -0.2) is 0 Å². The van der Waals surface area contributed by atoms with Crippen molar-refractivity contribution in [1.29, 1.82) is 0 Å².